The fourth-order valence-corrected chi connectivity index (χ4v) is 4.86. The number of nitriles is 1. The lowest BCUT2D eigenvalue weighted by Crippen LogP contribution is -2.52. The Morgan fingerprint density at radius 3 is 2.74 bits per heavy atom. The summed E-state index contributed by atoms with van der Waals surface area (Å²) in [5.74, 6) is -2.06. The van der Waals surface area contributed by atoms with Crippen LogP contribution in [0.4, 0.5) is 20.2 Å². The molecule has 0 radical (unpaired) electrons. The summed E-state index contributed by atoms with van der Waals surface area (Å²) in [5.41, 5.74) is 2.78. The number of benzene rings is 1. The molecule has 4 aromatic heterocycles. The van der Waals surface area contributed by atoms with Crippen molar-refractivity contribution >= 4 is 27.9 Å². The van der Waals surface area contributed by atoms with E-state index in [1.165, 1.54) is 36.7 Å². The predicted molar refractivity (Wildman–Crippen MR) is 148 cm³/mol. The maximum atomic E-state index is 15.0. The van der Waals surface area contributed by atoms with Gasteiger partial charge in [-0.1, -0.05) is 0 Å². The van der Waals surface area contributed by atoms with E-state index in [9.17, 15) is 14.0 Å². The van der Waals surface area contributed by atoms with Crippen molar-refractivity contribution in [3.63, 3.8) is 0 Å². The highest BCUT2D eigenvalue weighted by Crippen LogP contribution is 2.43. The second-order valence-electron chi connectivity index (χ2n) is 9.92. The van der Waals surface area contributed by atoms with E-state index < -0.39 is 18.6 Å². The molecule has 0 bridgehead atoms. The number of likely N-dealkylation sites (tertiary alicyclic amines) is 1. The zero-order valence-corrected chi connectivity index (χ0v) is 22.9. The molecular weight excluding hydrogens is 548 g/mol. The van der Waals surface area contributed by atoms with Gasteiger partial charge in [0.15, 0.2) is 23.3 Å². The molecular formula is C28H25F2N9O3. The number of fused-ring (bicyclic) bond motifs is 2. The Hall–Kier alpha value is -5.16. The quantitative estimate of drug-likeness (QED) is 0.295. The zero-order valence-electron chi connectivity index (χ0n) is 22.9. The highest BCUT2D eigenvalue weighted by Gasteiger charge is 2.46. The van der Waals surface area contributed by atoms with E-state index in [-0.39, 0.29) is 23.6 Å². The second-order valence-corrected chi connectivity index (χ2v) is 9.92. The molecule has 1 aliphatic heterocycles. The van der Waals surface area contributed by atoms with Gasteiger partial charge in [0.05, 0.1) is 48.2 Å². The van der Waals surface area contributed by atoms with Crippen LogP contribution in [-0.2, 0) is 0 Å². The van der Waals surface area contributed by atoms with E-state index >= 15 is 0 Å². The summed E-state index contributed by atoms with van der Waals surface area (Å²) in [6, 6.07) is 9.20. The van der Waals surface area contributed by atoms with Crippen LogP contribution in [0.1, 0.15) is 17.5 Å². The van der Waals surface area contributed by atoms with E-state index in [4.69, 9.17) is 14.2 Å². The molecule has 1 aliphatic rings. The molecule has 0 aliphatic carbocycles. The molecule has 6 rings (SSSR count). The Bertz CT molecular complexity index is 1840. The summed E-state index contributed by atoms with van der Waals surface area (Å²) in [6.45, 7) is 1.86. The van der Waals surface area contributed by atoms with Gasteiger partial charge in [-0.3, -0.25) is 4.98 Å². The maximum absolute atomic E-state index is 15.0. The average Bonchev–Trinajstić information content (AvgIpc) is 3.44. The smallest absolute Gasteiger partial charge is 0.296 e. The number of anilines is 2. The Balaban J connectivity index is 1.37. The molecule has 14 heteroatoms. The van der Waals surface area contributed by atoms with Gasteiger partial charge >= 0.3 is 0 Å². The van der Waals surface area contributed by atoms with Gasteiger partial charge in [0.2, 0.25) is 0 Å². The van der Waals surface area contributed by atoms with Crippen LogP contribution in [0.2, 0.25) is 0 Å². The van der Waals surface area contributed by atoms with Crippen LogP contribution in [0, 0.1) is 18.3 Å². The van der Waals surface area contributed by atoms with Crippen molar-refractivity contribution in [2.45, 2.75) is 25.4 Å². The van der Waals surface area contributed by atoms with Crippen LogP contribution in [0.5, 0.6) is 23.1 Å². The molecule has 214 valence electrons. The highest BCUT2D eigenvalue weighted by atomic mass is 19.3. The summed E-state index contributed by atoms with van der Waals surface area (Å²) >= 11 is 0. The molecule has 0 amide bonds. The lowest BCUT2D eigenvalue weighted by atomic mass is 10.0. The molecule has 0 spiro atoms. The van der Waals surface area contributed by atoms with Crippen molar-refractivity contribution in [2.75, 3.05) is 32.6 Å². The largest absolute Gasteiger partial charge is 0.478 e. The summed E-state index contributed by atoms with van der Waals surface area (Å²) in [7, 11) is 3.01. The topological polar surface area (TPSA) is 136 Å². The molecule has 1 fully saturated rings. The average molecular weight is 574 g/mol. The molecule has 5 heterocycles. The summed E-state index contributed by atoms with van der Waals surface area (Å²) in [5, 5.41) is 21.7. The van der Waals surface area contributed by atoms with Gasteiger partial charge in [-0.25, -0.2) is 18.7 Å². The minimum atomic E-state index is -3.12. The lowest BCUT2D eigenvalue weighted by Gasteiger charge is -2.36. The SMILES string of the molecule is COc1ncc2ncc(C#N)c(Nc3ccc(Oc4cnn5ncnc5c4)c(C)c3)c2c1O[C@H]1CCN(C)CC1(F)F. The molecule has 12 nitrogen and oxygen atoms in total. The van der Waals surface area contributed by atoms with Gasteiger partial charge < -0.3 is 24.4 Å². The number of halogens is 2. The Morgan fingerprint density at radius 2 is 1.98 bits per heavy atom. The van der Waals surface area contributed by atoms with Gasteiger partial charge in [0.1, 0.15) is 18.1 Å². The molecule has 5 aromatic rings. The number of ether oxygens (including phenoxy) is 3. The predicted octanol–water partition coefficient (Wildman–Crippen LogP) is 4.51. The first-order valence-corrected chi connectivity index (χ1v) is 13.0. The van der Waals surface area contributed by atoms with Crippen LogP contribution in [0.15, 0.2) is 49.2 Å². The maximum Gasteiger partial charge on any atom is 0.296 e. The number of aromatic nitrogens is 6. The number of rotatable bonds is 7. The van der Waals surface area contributed by atoms with Crippen molar-refractivity contribution in [1.82, 2.24) is 34.7 Å². The third-order valence-electron chi connectivity index (χ3n) is 6.93. The van der Waals surface area contributed by atoms with Crippen LogP contribution in [0.25, 0.3) is 16.6 Å². The number of alkyl halides is 2. The third-order valence-corrected chi connectivity index (χ3v) is 6.93. The number of aryl methyl sites for hydroxylation is 1. The second kappa shape index (κ2) is 10.7. The third kappa shape index (κ3) is 5.06. The van der Waals surface area contributed by atoms with Crippen LogP contribution < -0.4 is 19.5 Å². The van der Waals surface area contributed by atoms with Crippen LogP contribution >= 0.6 is 0 Å². The Kier molecular flexibility index (Phi) is 6.87. The molecule has 1 saturated heterocycles. The van der Waals surface area contributed by atoms with E-state index in [2.05, 4.69) is 36.5 Å². The number of nitrogens with zero attached hydrogens (tertiary/aromatic N) is 8. The minimum Gasteiger partial charge on any atom is -0.478 e. The van der Waals surface area contributed by atoms with E-state index in [0.717, 1.165) is 5.56 Å². The molecule has 1 atom stereocenters. The monoisotopic (exact) mass is 573 g/mol. The fraction of sp³-hybridized carbons (Fsp3) is 0.286. The first kappa shape index (κ1) is 27.0. The van der Waals surface area contributed by atoms with Crippen molar-refractivity contribution in [1.29, 1.82) is 5.26 Å². The number of hydrogen-bond acceptors (Lipinski definition) is 11. The summed E-state index contributed by atoms with van der Waals surface area (Å²) in [6.07, 6.45) is 4.45. The van der Waals surface area contributed by atoms with Crippen molar-refractivity contribution in [3.8, 4) is 29.2 Å². The standard InChI is InChI=1S/C28H25F2N9O3/c1-16-8-18(4-5-21(16)41-19-9-23-34-15-36-39(23)35-12-19)37-25-17(10-31)11-32-20-13-33-27(40-3)26(24(20)25)42-22-6-7-38(2)14-28(22,29)30/h4-5,8-9,11-13,15,22H,6-7,14H2,1-3H3,(H,32,37)/t22-/m0/s1. The van der Waals surface area contributed by atoms with Gasteiger partial charge in [-0.15, -0.1) is 9.73 Å². The number of methoxy groups -OCH3 is 1. The number of hydrogen-bond donors (Lipinski definition) is 1. The lowest BCUT2D eigenvalue weighted by molar-refractivity contribution is -0.135. The first-order valence-electron chi connectivity index (χ1n) is 13.0. The van der Waals surface area contributed by atoms with Crippen molar-refractivity contribution < 1.29 is 23.0 Å². The normalized spacial score (nSPS) is 16.7. The van der Waals surface area contributed by atoms with Crippen LogP contribution in [0.3, 0.4) is 0 Å². The van der Waals surface area contributed by atoms with E-state index in [1.54, 1.807) is 30.1 Å². The Morgan fingerprint density at radius 1 is 1.12 bits per heavy atom. The van der Waals surface area contributed by atoms with Crippen molar-refractivity contribution in [3.05, 3.63) is 60.3 Å². The van der Waals surface area contributed by atoms with Crippen LogP contribution in [-0.4, -0.2) is 74.0 Å². The molecule has 0 unspecified atom stereocenters. The summed E-state index contributed by atoms with van der Waals surface area (Å²) < 4.78 is 48.8. The minimum absolute atomic E-state index is 0.00958. The van der Waals surface area contributed by atoms with E-state index in [1.807, 2.05) is 13.0 Å². The molecule has 1 N–H and O–H groups in total. The number of nitrogens with one attached hydrogen (secondary N) is 1. The number of pyridine rings is 2. The van der Waals surface area contributed by atoms with E-state index in [0.29, 0.717) is 46.0 Å². The van der Waals surface area contributed by atoms with Crippen molar-refractivity contribution in [2.24, 2.45) is 0 Å². The van der Waals surface area contributed by atoms with Gasteiger partial charge in [-0.05, 0) is 37.7 Å². The van der Waals surface area contributed by atoms with Gasteiger partial charge in [0.25, 0.3) is 11.8 Å². The number of piperidine rings is 1. The first-order chi connectivity index (χ1) is 20.3. The van der Waals surface area contributed by atoms with Gasteiger partial charge in [-0.2, -0.15) is 10.4 Å². The molecule has 0 saturated carbocycles. The highest BCUT2D eigenvalue weighted by molar-refractivity contribution is 6.01. The van der Waals surface area contributed by atoms with Gasteiger partial charge in [0, 0.05) is 30.9 Å². The fourth-order valence-electron chi connectivity index (χ4n) is 4.86. The zero-order chi connectivity index (χ0) is 29.4. The summed E-state index contributed by atoms with van der Waals surface area (Å²) in [4.78, 5) is 14.2. The molecule has 1 aromatic carbocycles. The Labute approximate surface area is 238 Å². The molecule has 42 heavy (non-hydrogen) atoms.